The molecule has 1 saturated carbocycles. The third-order valence-electron chi connectivity index (χ3n) is 3.32. The van der Waals surface area contributed by atoms with Gasteiger partial charge in [-0.05, 0) is 37.4 Å². The van der Waals surface area contributed by atoms with Crippen LogP contribution in [0.25, 0.3) is 0 Å². The Bertz CT molecular complexity index is 353. The van der Waals surface area contributed by atoms with E-state index in [0.29, 0.717) is 5.06 Å². The first-order chi connectivity index (χ1) is 8.74. The van der Waals surface area contributed by atoms with Crippen molar-refractivity contribution in [2.45, 2.75) is 38.6 Å². The molecule has 1 aromatic rings. The van der Waals surface area contributed by atoms with Crippen LogP contribution in [0.15, 0.2) is 12.1 Å². The number of thiophene rings is 1. The van der Waals surface area contributed by atoms with Crippen LogP contribution in [0.3, 0.4) is 0 Å². The molecule has 0 spiro atoms. The summed E-state index contributed by atoms with van der Waals surface area (Å²) in [5.41, 5.74) is 0. The van der Waals surface area contributed by atoms with Gasteiger partial charge >= 0.3 is 7.32 Å². The summed E-state index contributed by atoms with van der Waals surface area (Å²) in [6.45, 7) is 1.91. The third-order valence-corrected chi connectivity index (χ3v) is 4.29. The molecule has 1 aliphatic rings. The molecule has 1 fully saturated rings. The van der Waals surface area contributed by atoms with Gasteiger partial charge in [-0.15, -0.1) is 11.3 Å². The number of nitrogens with one attached hydrogen (secondary N) is 1. The topological polar surface area (TPSA) is 61.7 Å². The van der Waals surface area contributed by atoms with Gasteiger partial charge in [0.2, 0.25) is 0 Å². The minimum atomic E-state index is -1.73. The van der Waals surface area contributed by atoms with Crippen LogP contribution in [0.2, 0.25) is 0 Å². The summed E-state index contributed by atoms with van der Waals surface area (Å²) in [4.78, 5) is 1.15. The van der Waals surface area contributed by atoms with E-state index in [-0.39, 0.29) is 0 Å². The van der Waals surface area contributed by atoms with Crippen molar-refractivity contribution in [3.05, 3.63) is 17.0 Å². The standard InChI is InChI=1S/C12H20BNO3S/c15-13(16)17-12-7-6-11(18-12)9-14-8-10-4-2-1-3-5-10/h6-7,10,14-16H,1-5,8-9H2. The molecule has 0 saturated heterocycles. The molecule has 3 N–H and O–H groups in total. The Balaban J connectivity index is 1.67. The SMILES string of the molecule is OB(O)Oc1ccc(CNCC2CCCCC2)s1. The smallest absolute Gasteiger partial charge is 0.504 e. The lowest BCUT2D eigenvalue weighted by atomic mass is 9.89. The minimum Gasteiger partial charge on any atom is -0.504 e. The van der Waals surface area contributed by atoms with Crippen molar-refractivity contribution >= 4 is 18.7 Å². The molecule has 1 heterocycles. The Morgan fingerprint density at radius 2 is 2.06 bits per heavy atom. The molecule has 0 amide bonds. The summed E-state index contributed by atoms with van der Waals surface area (Å²) in [5.74, 6) is 0.827. The molecule has 0 bridgehead atoms. The molecule has 1 aliphatic carbocycles. The molecule has 100 valence electrons. The van der Waals surface area contributed by atoms with Crippen LogP contribution in [0, 0.1) is 5.92 Å². The summed E-state index contributed by atoms with van der Waals surface area (Å²) in [6.07, 6.45) is 6.84. The van der Waals surface area contributed by atoms with Crippen LogP contribution in [0.4, 0.5) is 0 Å². The minimum absolute atomic E-state index is 0.541. The molecule has 18 heavy (non-hydrogen) atoms. The van der Waals surface area contributed by atoms with E-state index in [9.17, 15) is 0 Å². The first kappa shape index (κ1) is 13.9. The van der Waals surface area contributed by atoms with Crippen LogP contribution in [0.1, 0.15) is 37.0 Å². The van der Waals surface area contributed by atoms with Crippen molar-refractivity contribution < 1.29 is 14.7 Å². The molecule has 1 aromatic heterocycles. The summed E-state index contributed by atoms with van der Waals surface area (Å²) >= 11 is 1.44. The van der Waals surface area contributed by atoms with Gasteiger partial charge < -0.3 is 20.0 Å². The Kier molecular flexibility index (Phi) is 5.50. The van der Waals surface area contributed by atoms with Gasteiger partial charge in [-0.25, -0.2) is 0 Å². The molecule has 0 atom stereocenters. The lowest BCUT2D eigenvalue weighted by Gasteiger charge is -2.21. The van der Waals surface area contributed by atoms with Gasteiger partial charge in [0.25, 0.3) is 0 Å². The van der Waals surface area contributed by atoms with Crippen LogP contribution >= 0.6 is 11.3 Å². The average molecular weight is 269 g/mol. The Hall–Kier alpha value is -0.555. The van der Waals surface area contributed by atoms with Gasteiger partial charge in [0.05, 0.1) is 0 Å². The first-order valence-corrected chi connectivity index (χ1v) is 7.38. The van der Waals surface area contributed by atoms with Gasteiger partial charge in [-0.2, -0.15) is 0 Å². The highest BCUT2D eigenvalue weighted by Crippen LogP contribution is 2.25. The molecule has 2 rings (SSSR count). The van der Waals surface area contributed by atoms with Crippen molar-refractivity contribution in [1.82, 2.24) is 5.32 Å². The first-order valence-electron chi connectivity index (χ1n) is 6.56. The second-order valence-electron chi connectivity index (χ2n) is 4.80. The summed E-state index contributed by atoms with van der Waals surface area (Å²) < 4.78 is 4.79. The fraction of sp³-hybridized carbons (Fsp3) is 0.667. The Morgan fingerprint density at radius 1 is 1.28 bits per heavy atom. The summed E-state index contributed by atoms with van der Waals surface area (Å²) in [6, 6.07) is 3.72. The Morgan fingerprint density at radius 3 is 2.78 bits per heavy atom. The van der Waals surface area contributed by atoms with Crippen LogP contribution < -0.4 is 9.97 Å². The van der Waals surface area contributed by atoms with E-state index in [1.807, 2.05) is 6.07 Å². The fourth-order valence-electron chi connectivity index (χ4n) is 2.41. The number of hydrogen-bond donors (Lipinski definition) is 3. The van der Waals surface area contributed by atoms with Crippen molar-refractivity contribution in [2.24, 2.45) is 5.92 Å². The lowest BCUT2D eigenvalue weighted by Crippen LogP contribution is -2.23. The molecule has 0 radical (unpaired) electrons. The van der Waals surface area contributed by atoms with E-state index in [1.54, 1.807) is 6.07 Å². The maximum Gasteiger partial charge on any atom is 0.708 e. The summed E-state index contributed by atoms with van der Waals surface area (Å²) in [7, 11) is -1.73. The molecule has 0 unspecified atom stereocenters. The van der Waals surface area contributed by atoms with Gasteiger partial charge in [0, 0.05) is 11.4 Å². The zero-order valence-electron chi connectivity index (χ0n) is 10.5. The lowest BCUT2D eigenvalue weighted by molar-refractivity contribution is 0.292. The molecular formula is C12H20BNO3S. The average Bonchev–Trinajstić information content (AvgIpc) is 2.77. The second kappa shape index (κ2) is 7.14. The maximum absolute atomic E-state index is 8.69. The maximum atomic E-state index is 8.69. The van der Waals surface area contributed by atoms with E-state index in [1.165, 1.54) is 43.4 Å². The number of hydrogen-bond acceptors (Lipinski definition) is 5. The van der Waals surface area contributed by atoms with Gasteiger partial charge in [0.15, 0.2) is 5.06 Å². The van der Waals surface area contributed by atoms with Crippen molar-refractivity contribution in [1.29, 1.82) is 0 Å². The summed E-state index contributed by atoms with van der Waals surface area (Å²) in [5, 5.41) is 21.4. The highest BCUT2D eigenvalue weighted by atomic mass is 32.1. The van der Waals surface area contributed by atoms with Crippen LogP contribution in [-0.2, 0) is 6.54 Å². The van der Waals surface area contributed by atoms with Gasteiger partial charge in [0.1, 0.15) is 0 Å². The normalized spacial score (nSPS) is 16.8. The third kappa shape index (κ3) is 4.61. The zero-order valence-corrected chi connectivity index (χ0v) is 11.3. The van der Waals surface area contributed by atoms with Crippen LogP contribution in [0.5, 0.6) is 5.06 Å². The van der Waals surface area contributed by atoms with Crippen molar-refractivity contribution in [3.8, 4) is 5.06 Å². The predicted molar refractivity (Wildman–Crippen MR) is 73.4 cm³/mol. The highest BCUT2D eigenvalue weighted by molar-refractivity contribution is 7.14. The fourth-order valence-corrected chi connectivity index (χ4v) is 3.25. The largest absolute Gasteiger partial charge is 0.708 e. The molecule has 0 aliphatic heterocycles. The zero-order chi connectivity index (χ0) is 12.8. The monoisotopic (exact) mass is 269 g/mol. The molecule has 6 heteroatoms. The van der Waals surface area contributed by atoms with E-state index in [0.717, 1.165) is 23.9 Å². The van der Waals surface area contributed by atoms with Gasteiger partial charge in [-0.1, -0.05) is 19.3 Å². The molecule has 4 nitrogen and oxygen atoms in total. The van der Waals surface area contributed by atoms with Gasteiger partial charge in [-0.3, -0.25) is 0 Å². The van der Waals surface area contributed by atoms with E-state index in [2.05, 4.69) is 5.32 Å². The predicted octanol–water partition coefficient (Wildman–Crippen LogP) is 1.77. The van der Waals surface area contributed by atoms with E-state index < -0.39 is 7.32 Å². The van der Waals surface area contributed by atoms with E-state index in [4.69, 9.17) is 14.7 Å². The Labute approximate surface area is 112 Å². The molecule has 0 aromatic carbocycles. The quantitative estimate of drug-likeness (QED) is 0.689. The molecular weight excluding hydrogens is 249 g/mol. The van der Waals surface area contributed by atoms with Crippen molar-refractivity contribution in [3.63, 3.8) is 0 Å². The number of rotatable bonds is 6. The van der Waals surface area contributed by atoms with Crippen molar-refractivity contribution in [2.75, 3.05) is 6.54 Å². The van der Waals surface area contributed by atoms with Crippen LogP contribution in [-0.4, -0.2) is 23.9 Å². The second-order valence-corrected chi connectivity index (χ2v) is 5.93. The van der Waals surface area contributed by atoms with E-state index >= 15 is 0 Å². The highest BCUT2D eigenvalue weighted by Gasteiger charge is 2.14.